The third-order valence-electron chi connectivity index (χ3n) is 3.45. The fraction of sp³-hybridized carbons (Fsp3) is 0.385. The third-order valence-corrected chi connectivity index (χ3v) is 3.45. The zero-order chi connectivity index (χ0) is 13.6. The summed E-state index contributed by atoms with van der Waals surface area (Å²) < 4.78 is 27.4. The van der Waals surface area contributed by atoms with Crippen molar-refractivity contribution in [3.05, 3.63) is 29.8 Å². The average Bonchev–Trinajstić information content (AvgIpc) is 3.17. The highest BCUT2D eigenvalue weighted by Crippen LogP contribution is 2.36. The number of carbonyl (C=O) groups excluding carboxylic acids is 2. The minimum Gasteiger partial charge on any atom is -0.342 e. The number of nitrogens with one attached hydrogen (secondary N) is 1. The summed E-state index contributed by atoms with van der Waals surface area (Å²) in [6, 6.07) is 2.72. The highest BCUT2D eigenvalue weighted by atomic mass is 19.1. The highest BCUT2D eigenvalue weighted by molar-refractivity contribution is 6.07. The number of amides is 2. The van der Waals surface area contributed by atoms with Crippen LogP contribution >= 0.6 is 0 Å². The summed E-state index contributed by atoms with van der Waals surface area (Å²) in [6.45, 7) is -0.347. The van der Waals surface area contributed by atoms with Gasteiger partial charge in [-0.3, -0.25) is 14.5 Å². The highest BCUT2D eigenvalue weighted by Gasteiger charge is 2.44. The first kappa shape index (κ1) is 12.1. The molecule has 1 atom stereocenters. The Bertz CT molecular complexity index is 537. The van der Waals surface area contributed by atoms with Crippen molar-refractivity contribution in [3.8, 4) is 0 Å². The summed E-state index contributed by atoms with van der Waals surface area (Å²) >= 11 is 0. The van der Waals surface area contributed by atoms with E-state index in [1.807, 2.05) is 0 Å². The van der Waals surface area contributed by atoms with Crippen LogP contribution in [0.3, 0.4) is 0 Å². The number of hydrogen-bond acceptors (Lipinski definition) is 2. The molecule has 4 nitrogen and oxygen atoms in total. The summed E-state index contributed by atoms with van der Waals surface area (Å²) in [5.74, 6) is -2.41. The fourth-order valence-corrected chi connectivity index (χ4v) is 2.36. The van der Waals surface area contributed by atoms with Gasteiger partial charge in [-0.15, -0.1) is 0 Å². The second-order valence-electron chi connectivity index (χ2n) is 4.88. The van der Waals surface area contributed by atoms with Gasteiger partial charge in [0.1, 0.15) is 29.9 Å². The maximum absolute atomic E-state index is 13.7. The summed E-state index contributed by atoms with van der Waals surface area (Å²) in [4.78, 5) is 24.8. The van der Waals surface area contributed by atoms with E-state index in [4.69, 9.17) is 0 Å². The Balaban J connectivity index is 1.98. The van der Waals surface area contributed by atoms with Crippen molar-refractivity contribution in [2.75, 3.05) is 11.4 Å². The molecule has 1 N–H and O–H groups in total. The molecule has 1 saturated heterocycles. The standard InChI is InChI=1S/C13H12F2N2O2/c14-8-2-1-3-9(15)12(8)17-6-10(18)16-11(13(17)19)7-4-5-7/h1-3,7,11H,4-6H2,(H,16,18). The van der Waals surface area contributed by atoms with Crippen molar-refractivity contribution in [3.63, 3.8) is 0 Å². The number of nitrogens with zero attached hydrogens (tertiary/aromatic N) is 1. The van der Waals surface area contributed by atoms with Gasteiger partial charge in [-0.05, 0) is 30.9 Å². The second kappa shape index (κ2) is 4.29. The van der Waals surface area contributed by atoms with Crippen LogP contribution in [0.1, 0.15) is 12.8 Å². The lowest BCUT2D eigenvalue weighted by atomic mass is 10.1. The lowest BCUT2D eigenvalue weighted by Gasteiger charge is -2.32. The number of anilines is 1. The Hall–Kier alpha value is -1.98. The Labute approximate surface area is 108 Å². The van der Waals surface area contributed by atoms with Crippen molar-refractivity contribution in [2.24, 2.45) is 5.92 Å². The molecular formula is C13H12F2N2O2. The van der Waals surface area contributed by atoms with Gasteiger partial charge in [0.2, 0.25) is 11.8 Å². The van der Waals surface area contributed by atoms with Crippen molar-refractivity contribution >= 4 is 17.5 Å². The first-order chi connectivity index (χ1) is 9.08. The molecule has 1 unspecified atom stereocenters. The van der Waals surface area contributed by atoms with Crippen LogP contribution in [-0.2, 0) is 9.59 Å². The Morgan fingerprint density at radius 3 is 2.37 bits per heavy atom. The number of piperazine rings is 1. The van der Waals surface area contributed by atoms with Crippen LogP contribution in [0.2, 0.25) is 0 Å². The quantitative estimate of drug-likeness (QED) is 0.874. The largest absolute Gasteiger partial charge is 0.342 e. The summed E-state index contributed by atoms with van der Waals surface area (Å²) in [6.07, 6.45) is 1.70. The summed E-state index contributed by atoms with van der Waals surface area (Å²) in [5.41, 5.74) is -0.437. The molecule has 6 heteroatoms. The predicted octanol–water partition coefficient (Wildman–Crippen LogP) is 1.21. The van der Waals surface area contributed by atoms with E-state index in [1.54, 1.807) is 0 Å². The zero-order valence-electron chi connectivity index (χ0n) is 10.0. The predicted molar refractivity (Wildman–Crippen MR) is 63.4 cm³/mol. The van der Waals surface area contributed by atoms with Crippen molar-refractivity contribution in [1.82, 2.24) is 5.32 Å². The monoisotopic (exact) mass is 266 g/mol. The Kier molecular flexibility index (Phi) is 2.73. The van der Waals surface area contributed by atoms with Crippen molar-refractivity contribution < 1.29 is 18.4 Å². The minimum atomic E-state index is -0.836. The molecule has 1 saturated carbocycles. The van der Waals surface area contributed by atoms with Gasteiger partial charge in [-0.1, -0.05) is 6.07 Å². The SMILES string of the molecule is O=C1CN(c2c(F)cccc2F)C(=O)C(C2CC2)N1. The van der Waals surface area contributed by atoms with E-state index < -0.39 is 29.3 Å². The number of carbonyl (C=O) groups is 2. The first-order valence-corrected chi connectivity index (χ1v) is 6.12. The average molecular weight is 266 g/mol. The number of hydrogen-bond donors (Lipinski definition) is 1. The van der Waals surface area contributed by atoms with E-state index in [2.05, 4.69) is 5.32 Å². The molecule has 1 aromatic rings. The van der Waals surface area contributed by atoms with Gasteiger partial charge in [-0.2, -0.15) is 0 Å². The summed E-state index contributed by atoms with van der Waals surface area (Å²) in [7, 11) is 0. The van der Waals surface area contributed by atoms with Gasteiger partial charge in [0, 0.05) is 0 Å². The van der Waals surface area contributed by atoms with Crippen LogP contribution in [0, 0.1) is 17.6 Å². The zero-order valence-corrected chi connectivity index (χ0v) is 10.0. The van der Waals surface area contributed by atoms with E-state index in [9.17, 15) is 18.4 Å². The van der Waals surface area contributed by atoms with Gasteiger partial charge >= 0.3 is 0 Å². The van der Waals surface area contributed by atoms with E-state index in [0.717, 1.165) is 29.9 Å². The molecule has 0 bridgehead atoms. The molecular weight excluding hydrogens is 254 g/mol. The molecule has 2 amide bonds. The van der Waals surface area contributed by atoms with Crippen LogP contribution in [0.15, 0.2) is 18.2 Å². The van der Waals surface area contributed by atoms with E-state index >= 15 is 0 Å². The van der Waals surface area contributed by atoms with Crippen molar-refractivity contribution in [2.45, 2.75) is 18.9 Å². The van der Waals surface area contributed by atoms with Gasteiger partial charge in [0.25, 0.3) is 0 Å². The number of para-hydroxylation sites is 1. The molecule has 1 aliphatic carbocycles. The maximum atomic E-state index is 13.7. The van der Waals surface area contributed by atoms with E-state index in [1.165, 1.54) is 6.07 Å². The number of halogens is 2. The van der Waals surface area contributed by atoms with Crippen LogP contribution < -0.4 is 10.2 Å². The molecule has 100 valence electrons. The number of benzene rings is 1. The van der Waals surface area contributed by atoms with E-state index in [-0.39, 0.29) is 18.4 Å². The van der Waals surface area contributed by atoms with Crippen LogP contribution in [0.25, 0.3) is 0 Å². The molecule has 0 spiro atoms. The second-order valence-corrected chi connectivity index (χ2v) is 4.88. The molecule has 2 aliphatic rings. The van der Waals surface area contributed by atoms with Gasteiger partial charge in [0.05, 0.1) is 0 Å². The molecule has 1 heterocycles. The molecule has 1 aromatic carbocycles. The minimum absolute atomic E-state index is 0.0917. The van der Waals surface area contributed by atoms with E-state index in [0.29, 0.717) is 0 Å². The molecule has 0 aromatic heterocycles. The lowest BCUT2D eigenvalue weighted by molar-refractivity contribution is -0.131. The van der Waals surface area contributed by atoms with Gasteiger partial charge in [-0.25, -0.2) is 8.78 Å². The van der Waals surface area contributed by atoms with Crippen LogP contribution in [0.4, 0.5) is 14.5 Å². The molecule has 2 fully saturated rings. The summed E-state index contributed by atoms with van der Waals surface area (Å²) in [5, 5.41) is 2.59. The Morgan fingerprint density at radius 2 is 1.79 bits per heavy atom. The van der Waals surface area contributed by atoms with Gasteiger partial charge < -0.3 is 5.32 Å². The Morgan fingerprint density at radius 1 is 1.16 bits per heavy atom. The number of rotatable bonds is 2. The van der Waals surface area contributed by atoms with Gasteiger partial charge in [0.15, 0.2) is 0 Å². The molecule has 19 heavy (non-hydrogen) atoms. The normalized spacial score (nSPS) is 23.5. The fourth-order valence-electron chi connectivity index (χ4n) is 2.36. The third kappa shape index (κ3) is 2.07. The van der Waals surface area contributed by atoms with Crippen LogP contribution in [0.5, 0.6) is 0 Å². The maximum Gasteiger partial charge on any atom is 0.250 e. The molecule has 1 aliphatic heterocycles. The lowest BCUT2D eigenvalue weighted by Crippen LogP contribution is -2.59. The first-order valence-electron chi connectivity index (χ1n) is 6.12. The molecule has 3 rings (SSSR count). The van der Waals surface area contributed by atoms with Crippen molar-refractivity contribution in [1.29, 1.82) is 0 Å². The molecule has 0 radical (unpaired) electrons. The van der Waals surface area contributed by atoms with Crippen LogP contribution in [-0.4, -0.2) is 24.4 Å². The smallest absolute Gasteiger partial charge is 0.250 e. The topological polar surface area (TPSA) is 49.4 Å².